The minimum atomic E-state index is -0.860. The summed E-state index contributed by atoms with van der Waals surface area (Å²) in [5.41, 5.74) is 4.44. The zero-order valence-electron chi connectivity index (χ0n) is 18.3. The standard InChI is InChI=1S/C26H25N3O3/c1-17-9-7-8-12-21(17)29-23(18-13-15-19(16-14-18)27(2)3)22-24(32-29)26(31)28(25(22)30)20-10-5-4-6-11-20/h4-16,22-24H,1-3H3/t22-,23-,24+/m0/s1. The van der Waals surface area contributed by atoms with E-state index in [-0.39, 0.29) is 11.8 Å². The summed E-state index contributed by atoms with van der Waals surface area (Å²) >= 11 is 0. The molecule has 0 unspecified atom stereocenters. The van der Waals surface area contributed by atoms with E-state index in [9.17, 15) is 9.59 Å². The monoisotopic (exact) mass is 427 g/mol. The second kappa shape index (κ2) is 7.80. The van der Waals surface area contributed by atoms with Gasteiger partial charge < -0.3 is 4.90 Å². The molecule has 2 amide bonds. The van der Waals surface area contributed by atoms with Crippen LogP contribution in [0.2, 0.25) is 0 Å². The Labute approximate surface area is 187 Å². The SMILES string of the molecule is Cc1ccccc1N1O[C@H]2C(=O)N(c3ccccc3)C(=O)[C@H]2[C@@H]1c1ccc(N(C)C)cc1. The van der Waals surface area contributed by atoms with Gasteiger partial charge in [0.05, 0.1) is 17.4 Å². The number of hydroxylamine groups is 1. The van der Waals surface area contributed by atoms with Crippen LogP contribution in [-0.2, 0) is 14.4 Å². The molecule has 6 nitrogen and oxygen atoms in total. The number of benzene rings is 3. The first-order chi connectivity index (χ1) is 15.5. The average molecular weight is 428 g/mol. The van der Waals surface area contributed by atoms with Gasteiger partial charge in [0, 0.05) is 19.8 Å². The topological polar surface area (TPSA) is 53.1 Å². The summed E-state index contributed by atoms with van der Waals surface area (Å²) in [5.74, 6) is -1.19. The van der Waals surface area contributed by atoms with Crippen molar-refractivity contribution in [3.8, 4) is 0 Å². The van der Waals surface area contributed by atoms with Gasteiger partial charge in [-0.05, 0) is 48.4 Å². The van der Waals surface area contributed by atoms with Gasteiger partial charge in [0.25, 0.3) is 5.91 Å². The highest BCUT2D eigenvalue weighted by molar-refractivity contribution is 6.23. The minimum Gasteiger partial charge on any atom is -0.378 e. The smallest absolute Gasteiger partial charge is 0.266 e. The molecule has 3 aromatic rings. The van der Waals surface area contributed by atoms with Gasteiger partial charge in [0.15, 0.2) is 6.10 Å². The average Bonchev–Trinajstić information content (AvgIpc) is 3.30. The zero-order valence-corrected chi connectivity index (χ0v) is 18.3. The Morgan fingerprint density at radius 1 is 0.812 bits per heavy atom. The number of para-hydroxylation sites is 2. The Balaban J connectivity index is 1.59. The summed E-state index contributed by atoms with van der Waals surface area (Å²) in [4.78, 5) is 36.5. The van der Waals surface area contributed by atoms with Crippen molar-refractivity contribution in [3.63, 3.8) is 0 Å². The number of imide groups is 1. The van der Waals surface area contributed by atoms with E-state index in [0.717, 1.165) is 22.5 Å². The van der Waals surface area contributed by atoms with Crippen LogP contribution in [0.4, 0.5) is 17.1 Å². The van der Waals surface area contributed by atoms with Crippen molar-refractivity contribution >= 4 is 28.9 Å². The van der Waals surface area contributed by atoms with Crippen LogP contribution >= 0.6 is 0 Å². The van der Waals surface area contributed by atoms with Crippen molar-refractivity contribution in [2.24, 2.45) is 5.92 Å². The molecule has 0 aromatic heterocycles. The van der Waals surface area contributed by atoms with E-state index in [1.54, 1.807) is 17.2 Å². The molecule has 2 heterocycles. The first-order valence-electron chi connectivity index (χ1n) is 10.7. The molecular formula is C26H25N3O3. The first-order valence-corrected chi connectivity index (χ1v) is 10.7. The lowest BCUT2D eigenvalue weighted by molar-refractivity contribution is -0.126. The molecule has 2 aliphatic heterocycles. The molecule has 2 fully saturated rings. The number of hydrogen-bond donors (Lipinski definition) is 0. The maximum absolute atomic E-state index is 13.6. The number of carbonyl (C=O) groups is 2. The van der Waals surface area contributed by atoms with Gasteiger partial charge in [-0.25, -0.2) is 9.96 Å². The van der Waals surface area contributed by atoms with Crippen LogP contribution in [0.5, 0.6) is 0 Å². The van der Waals surface area contributed by atoms with Gasteiger partial charge in [0.1, 0.15) is 5.92 Å². The molecule has 0 spiro atoms. The third-order valence-corrected chi connectivity index (χ3v) is 6.23. The van der Waals surface area contributed by atoms with Gasteiger partial charge in [-0.1, -0.05) is 48.5 Å². The van der Waals surface area contributed by atoms with E-state index < -0.39 is 18.1 Å². The van der Waals surface area contributed by atoms with E-state index in [1.807, 2.05) is 92.6 Å². The van der Waals surface area contributed by atoms with Crippen LogP contribution < -0.4 is 14.9 Å². The zero-order chi connectivity index (χ0) is 22.4. The lowest BCUT2D eigenvalue weighted by Crippen LogP contribution is -2.37. The normalized spacial score (nSPS) is 22.4. The highest BCUT2D eigenvalue weighted by Crippen LogP contribution is 2.48. The van der Waals surface area contributed by atoms with Crippen molar-refractivity contribution in [2.45, 2.75) is 19.1 Å². The number of carbonyl (C=O) groups excluding carboxylic acids is 2. The van der Waals surface area contributed by atoms with Gasteiger partial charge in [-0.2, -0.15) is 0 Å². The van der Waals surface area contributed by atoms with E-state index in [4.69, 9.17) is 4.84 Å². The van der Waals surface area contributed by atoms with Crippen molar-refractivity contribution in [2.75, 3.05) is 29.0 Å². The van der Waals surface area contributed by atoms with Crippen molar-refractivity contribution in [1.82, 2.24) is 0 Å². The van der Waals surface area contributed by atoms with Gasteiger partial charge in [-0.15, -0.1) is 0 Å². The van der Waals surface area contributed by atoms with Crippen LogP contribution in [0.3, 0.4) is 0 Å². The molecule has 0 radical (unpaired) electrons. The fourth-order valence-electron chi connectivity index (χ4n) is 4.57. The lowest BCUT2D eigenvalue weighted by Gasteiger charge is -2.30. The summed E-state index contributed by atoms with van der Waals surface area (Å²) in [6, 6.07) is 24.6. The maximum atomic E-state index is 13.6. The Morgan fingerprint density at radius 2 is 1.47 bits per heavy atom. The van der Waals surface area contributed by atoms with Gasteiger partial charge in [0.2, 0.25) is 5.91 Å². The summed E-state index contributed by atoms with van der Waals surface area (Å²) in [6.45, 7) is 2.00. The molecule has 162 valence electrons. The van der Waals surface area contributed by atoms with Crippen molar-refractivity contribution < 1.29 is 14.4 Å². The minimum absolute atomic E-state index is 0.232. The lowest BCUT2D eigenvalue weighted by atomic mass is 9.90. The first kappa shape index (κ1) is 20.3. The molecule has 3 atom stereocenters. The Bertz CT molecular complexity index is 1160. The molecule has 32 heavy (non-hydrogen) atoms. The number of nitrogens with zero attached hydrogens (tertiary/aromatic N) is 3. The number of amides is 2. The van der Waals surface area contributed by atoms with Crippen LogP contribution in [-0.4, -0.2) is 32.0 Å². The van der Waals surface area contributed by atoms with Crippen LogP contribution in [0.1, 0.15) is 17.2 Å². The van der Waals surface area contributed by atoms with E-state index >= 15 is 0 Å². The van der Waals surface area contributed by atoms with Crippen LogP contribution in [0.15, 0.2) is 78.9 Å². The van der Waals surface area contributed by atoms with E-state index in [2.05, 4.69) is 0 Å². The quantitative estimate of drug-likeness (QED) is 0.587. The molecular weight excluding hydrogens is 402 g/mol. The predicted octanol–water partition coefficient (Wildman–Crippen LogP) is 4.11. The molecule has 6 heteroatoms. The number of hydrogen-bond acceptors (Lipinski definition) is 5. The third-order valence-electron chi connectivity index (χ3n) is 6.23. The van der Waals surface area contributed by atoms with Crippen molar-refractivity contribution in [1.29, 1.82) is 0 Å². The fraction of sp³-hybridized carbons (Fsp3) is 0.231. The van der Waals surface area contributed by atoms with Crippen LogP contribution in [0.25, 0.3) is 0 Å². The fourth-order valence-corrected chi connectivity index (χ4v) is 4.57. The van der Waals surface area contributed by atoms with Gasteiger partial charge in [-0.3, -0.25) is 14.4 Å². The molecule has 0 N–H and O–H groups in total. The Kier molecular flexibility index (Phi) is 4.94. The molecule has 5 rings (SSSR count). The Hall–Kier alpha value is -3.64. The number of fused-ring (bicyclic) bond motifs is 1. The largest absolute Gasteiger partial charge is 0.378 e. The molecule has 0 saturated carbocycles. The second-order valence-corrected chi connectivity index (χ2v) is 8.44. The molecule has 0 bridgehead atoms. The summed E-state index contributed by atoms with van der Waals surface area (Å²) in [7, 11) is 3.97. The Morgan fingerprint density at radius 3 is 2.12 bits per heavy atom. The molecule has 2 saturated heterocycles. The number of aryl methyl sites for hydroxylation is 1. The number of rotatable bonds is 4. The number of anilines is 3. The second-order valence-electron chi connectivity index (χ2n) is 8.44. The van der Waals surface area contributed by atoms with E-state index in [0.29, 0.717) is 5.69 Å². The van der Waals surface area contributed by atoms with Crippen LogP contribution in [0, 0.1) is 12.8 Å². The maximum Gasteiger partial charge on any atom is 0.266 e. The third kappa shape index (κ3) is 3.15. The highest BCUT2D eigenvalue weighted by atomic mass is 16.7. The highest BCUT2D eigenvalue weighted by Gasteiger charge is 2.60. The summed E-state index contributed by atoms with van der Waals surface area (Å²) in [5, 5.41) is 1.76. The summed E-state index contributed by atoms with van der Waals surface area (Å²) in [6.07, 6.45) is -0.860. The molecule has 2 aliphatic rings. The van der Waals surface area contributed by atoms with Gasteiger partial charge >= 0.3 is 0 Å². The van der Waals surface area contributed by atoms with E-state index in [1.165, 1.54) is 4.90 Å². The van der Waals surface area contributed by atoms with Crippen molar-refractivity contribution in [3.05, 3.63) is 90.0 Å². The predicted molar refractivity (Wildman–Crippen MR) is 124 cm³/mol. The molecule has 0 aliphatic carbocycles. The molecule has 3 aromatic carbocycles. The summed E-state index contributed by atoms with van der Waals surface area (Å²) < 4.78 is 0.